The van der Waals surface area contributed by atoms with Gasteiger partial charge < -0.3 is 10.0 Å². The molecule has 1 saturated heterocycles. The van der Waals surface area contributed by atoms with E-state index in [0.717, 1.165) is 10.1 Å². The van der Waals surface area contributed by atoms with E-state index in [-0.39, 0.29) is 12.6 Å². The van der Waals surface area contributed by atoms with Gasteiger partial charge in [0.25, 0.3) is 0 Å². The molecule has 0 aliphatic carbocycles. The molecule has 1 aliphatic heterocycles. The number of likely N-dealkylation sites (N-methyl/N-ethyl adjacent to an activating group) is 1. The quantitative estimate of drug-likeness (QED) is 0.921. The SMILES string of the molecule is CN1CCN(S(=O)(=O)c2csc3ccccc23)C(CO)C1. The van der Waals surface area contributed by atoms with Gasteiger partial charge in [-0.1, -0.05) is 18.2 Å². The molecule has 5 nitrogen and oxygen atoms in total. The first-order valence-electron chi connectivity index (χ1n) is 6.81. The highest BCUT2D eigenvalue weighted by atomic mass is 32.2. The van der Waals surface area contributed by atoms with Gasteiger partial charge in [-0.2, -0.15) is 4.31 Å². The molecule has 0 spiro atoms. The first-order chi connectivity index (χ1) is 10.0. The zero-order valence-electron chi connectivity index (χ0n) is 11.8. The van der Waals surface area contributed by atoms with Gasteiger partial charge in [0.1, 0.15) is 4.90 Å². The lowest BCUT2D eigenvalue weighted by Gasteiger charge is -2.37. The third-order valence-electron chi connectivity index (χ3n) is 3.87. The number of nitrogens with zero attached hydrogens (tertiary/aromatic N) is 2. The molecule has 1 atom stereocenters. The first-order valence-corrected chi connectivity index (χ1v) is 9.13. The Bertz CT molecular complexity index is 742. The van der Waals surface area contributed by atoms with Crippen molar-refractivity contribution in [3.63, 3.8) is 0 Å². The fraction of sp³-hybridized carbons (Fsp3) is 0.429. The summed E-state index contributed by atoms with van der Waals surface area (Å²) < 4.78 is 28.3. The fourth-order valence-corrected chi connectivity index (χ4v) is 5.81. The number of sulfonamides is 1. The molecule has 1 aromatic heterocycles. The van der Waals surface area contributed by atoms with Crippen LogP contribution in [0.2, 0.25) is 0 Å². The first kappa shape index (κ1) is 14.9. The summed E-state index contributed by atoms with van der Waals surface area (Å²) in [5, 5.41) is 12.0. The number of hydrogen-bond donors (Lipinski definition) is 1. The summed E-state index contributed by atoms with van der Waals surface area (Å²) in [6.45, 7) is 1.48. The van der Waals surface area contributed by atoms with Crippen LogP contribution in [0.4, 0.5) is 0 Å². The largest absolute Gasteiger partial charge is 0.395 e. The smallest absolute Gasteiger partial charge is 0.244 e. The molecule has 0 amide bonds. The van der Waals surface area contributed by atoms with Gasteiger partial charge in [0.2, 0.25) is 10.0 Å². The molecule has 114 valence electrons. The monoisotopic (exact) mass is 326 g/mol. The van der Waals surface area contributed by atoms with Gasteiger partial charge in [0.05, 0.1) is 12.6 Å². The number of aliphatic hydroxyl groups excluding tert-OH is 1. The topological polar surface area (TPSA) is 60.9 Å². The Morgan fingerprint density at radius 2 is 2.10 bits per heavy atom. The van der Waals surface area contributed by atoms with Crippen LogP contribution < -0.4 is 0 Å². The molecule has 7 heteroatoms. The lowest BCUT2D eigenvalue weighted by atomic mass is 10.2. The van der Waals surface area contributed by atoms with Crippen LogP contribution in [0.5, 0.6) is 0 Å². The van der Waals surface area contributed by atoms with Crippen molar-refractivity contribution >= 4 is 31.4 Å². The third kappa shape index (κ3) is 2.60. The maximum atomic E-state index is 12.9. The number of aliphatic hydroxyl groups is 1. The summed E-state index contributed by atoms with van der Waals surface area (Å²) in [5.74, 6) is 0. The second-order valence-corrected chi connectivity index (χ2v) is 8.08. The minimum atomic E-state index is -3.57. The Balaban J connectivity index is 2.03. The van der Waals surface area contributed by atoms with Crippen LogP contribution in [-0.4, -0.2) is 62.1 Å². The number of hydrogen-bond acceptors (Lipinski definition) is 5. The average Bonchev–Trinajstić information content (AvgIpc) is 2.91. The Morgan fingerprint density at radius 1 is 1.33 bits per heavy atom. The van der Waals surface area contributed by atoms with Crippen molar-refractivity contribution in [2.45, 2.75) is 10.9 Å². The summed E-state index contributed by atoms with van der Waals surface area (Å²) >= 11 is 1.44. The lowest BCUT2D eigenvalue weighted by Crippen LogP contribution is -2.55. The van der Waals surface area contributed by atoms with Gasteiger partial charge in [-0.25, -0.2) is 8.42 Å². The minimum Gasteiger partial charge on any atom is -0.395 e. The van der Waals surface area contributed by atoms with Gasteiger partial charge in [0, 0.05) is 35.1 Å². The van der Waals surface area contributed by atoms with Crippen molar-refractivity contribution in [3.05, 3.63) is 29.6 Å². The summed E-state index contributed by atoms with van der Waals surface area (Å²) in [5.41, 5.74) is 0. The molecule has 1 N–H and O–H groups in total. The summed E-state index contributed by atoms with van der Waals surface area (Å²) in [6.07, 6.45) is 0. The number of rotatable bonds is 3. The van der Waals surface area contributed by atoms with E-state index in [9.17, 15) is 13.5 Å². The van der Waals surface area contributed by atoms with E-state index in [1.54, 1.807) is 5.38 Å². The average molecular weight is 326 g/mol. The Morgan fingerprint density at radius 3 is 2.86 bits per heavy atom. The highest BCUT2D eigenvalue weighted by Crippen LogP contribution is 2.32. The van der Waals surface area contributed by atoms with Crippen LogP contribution in [0.25, 0.3) is 10.1 Å². The van der Waals surface area contributed by atoms with E-state index in [1.807, 2.05) is 36.2 Å². The molecule has 21 heavy (non-hydrogen) atoms. The van der Waals surface area contributed by atoms with Crippen molar-refractivity contribution in [1.82, 2.24) is 9.21 Å². The van der Waals surface area contributed by atoms with E-state index in [2.05, 4.69) is 0 Å². The zero-order chi connectivity index (χ0) is 15.0. The highest BCUT2D eigenvalue weighted by Gasteiger charge is 2.35. The zero-order valence-corrected chi connectivity index (χ0v) is 13.4. The van der Waals surface area contributed by atoms with Gasteiger partial charge in [-0.15, -0.1) is 11.3 Å². The number of benzene rings is 1. The molecule has 0 bridgehead atoms. The Hall–Kier alpha value is -0.990. The number of thiophene rings is 1. The van der Waals surface area contributed by atoms with E-state index >= 15 is 0 Å². The van der Waals surface area contributed by atoms with Crippen molar-refractivity contribution in [1.29, 1.82) is 0 Å². The number of piperazine rings is 1. The van der Waals surface area contributed by atoms with E-state index < -0.39 is 10.0 Å². The van der Waals surface area contributed by atoms with Crippen LogP contribution >= 0.6 is 11.3 Å². The van der Waals surface area contributed by atoms with E-state index in [1.165, 1.54) is 15.6 Å². The van der Waals surface area contributed by atoms with Crippen molar-refractivity contribution < 1.29 is 13.5 Å². The molecule has 0 saturated carbocycles. The van der Waals surface area contributed by atoms with Gasteiger partial charge >= 0.3 is 0 Å². The molecule has 2 heterocycles. The molecule has 3 rings (SSSR count). The second kappa shape index (κ2) is 5.66. The number of fused-ring (bicyclic) bond motifs is 1. The summed E-state index contributed by atoms with van der Waals surface area (Å²) in [7, 11) is -1.64. The summed E-state index contributed by atoms with van der Waals surface area (Å²) in [6, 6.07) is 7.13. The molecule has 2 aromatic rings. The maximum Gasteiger partial charge on any atom is 0.244 e. The van der Waals surface area contributed by atoms with Gasteiger partial charge in [-0.3, -0.25) is 0 Å². The lowest BCUT2D eigenvalue weighted by molar-refractivity contribution is 0.107. The van der Waals surface area contributed by atoms with Crippen molar-refractivity contribution in [2.24, 2.45) is 0 Å². The van der Waals surface area contributed by atoms with Crippen molar-refractivity contribution in [3.8, 4) is 0 Å². The highest BCUT2D eigenvalue weighted by molar-refractivity contribution is 7.89. The predicted molar refractivity (Wildman–Crippen MR) is 84.1 cm³/mol. The van der Waals surface area contributed by atoms with Crippen LogP contribution in [0.3, 0.4) is 0 Å². The van der Waals surface area contributed by atoms with Crippen molar-refractivity contribution in [2.75, 3.05) is 33.3 Å². The van der Waals surface area contributed by atoms with Crippen LogP contribution in [0.15, 0.2) is 34.5 Å². The molecular formula is C14H18N2O3S2. The Kier molecular flexibility index (Phi) is 4.02. The minimum absolute atomic E-state index is 0.161. The third-order valence-corrected chi connectivity index (χ3v) is 6.98. The summed E-state index contributed by atoms with van der Waals surface area (Å²) in [4.78, 5) is 2.39. The standard InChI is InChI=1S/C14H18N2O3S2/c1-15-6-7-16(11(8-15)9-17)21(18,19)14-10-20-13-5-3-2-4-12(13)14/h2-5,10-11,17H,6-9H2,1H3. The second-order valence-electron chi connectivity index (χ2n) is 5.31. The Labute approximate surface area is 128 Å². The van der Waals surface area contributed by atoms with Gasteiger partial charge in [-0.05, 0) is 13.1 Å². The molecule has 0 radical (unpaired) electrons. The maximum absolute atomic E-state index is 12.9. The van der Waals surface area contributed by atoms with Gasteiger partial charge in [0.15, 0.2) is 0 Å². The molecule has 1 aliphatic rings. The predicted octanol–water partition coefficient (Wildman–Crippen LogP) is 1.20. The molecule has 1 unspecified atom stereocenters. The molecule has 1 aromatic carbocycles. The normalized spacial score (nSPS) is 21.9. The van der Waals surface area contributed by atoms with Crippen LogP contribution in [0.1, 0.15) is 0 Å². The molecular weight excluding hydrogens is 308 g/mol. The molecule has 1 fully saturated rings. The van der Waals surface area contributed by atoms with E-state index in [0.29, 0.717) is 24.5 Å². The van der Waals surface area contributed by atoms with Crippen LogP contribution in [-0.2, 0) is 10.0 Å². The fourth-order valence-electron chi connectivity index (χ4n) is 2.74. The van der Waals surface area contributed by atoms with E-state index in [4.69, 9.17) is 0 Å². The van der Waals surface area contributed by atoms with Crippen LogP contribution in [0, 0.1) is 0 Å².